The van der Waals surface area contributed by atoms with Crippen LogP contribution in [0.5, 0.6) is 11.5 Å². The standard InChI is InChI=1S/C19H20N4O2/c1-24-16-8-7-12(9-13(16)11-20)19-22-15(10-18(21)23-19)14-5-3-4-6-17(14)25-2/h3-10H,11,20H2,1-2H3,(H2,21,22,23). The smallest absolute Gasteiger partial charge is 0.162 e. The molecule has 4 N–H and O–H groups in total. The fraction of sp³-hybridized carbons (Fsp3) is 0.158. The summed E-state index contributed by atoms with van der Waals surface area (Å²) in [5.41, 5.74) is 15.1. The van der Waals surface area contributed by atoms with Gasteiger partial charge in [0.2, 0.25) is 0 Å². The maximum atomic E-state index is 6.01. The van der Waals surface area contributed by atoms with Gasteiger partial charge in [0, 0.05) is 29.3 Å². The van der Waals surface area contributed by atoms with Gasteiger partial charge in [-0.3, -0.25) is 0 Å². The molecule has 128 valence electrons. The van der Waals surface area contributed by atoms with Gasteiger partial charge in [-0.05, 0) is 30.3 Å². The average molecular weight is 336 g/mol. The van der Waals surface area contributed by atoms with Gasteiger partial charge in [0.25, 0.3) is 0 Å². The molecule has 0 fully saturated rings. The first-order valence-electron chi connectivity index (χ1n) is 7.81. The Balaban J connectivity index is 2.11. The summed E-state index contributed by atoms with van der Waals surface area (Å²) in [5, 5.41) is 0. The Morgan fingerprint density at radius 2 is 1.68 bits per heavy atom. The Morgan fingerprint density at radius 1 is 0.920 bits per heavy atom. The van der Waals surface area contributed by atoms with Gasteiger partial charge >= 0.3 is 0 Å². The van der Waals surface area contributed by atoms with Gasteiger partial charge in [0.15, 0.2) is 5.82 Å². The molecule has 0 saturated heterocycles. The monoisotopic (exact) mass is 336 g/mol. The third-order valence-corrected chi connectivity index (χ3v) is 3.89. The summed E-state index contributed by atoms with van der Waals surface area (Å²) in [6.45, 7) is 0.360. The number of hydrogen-bond acceptors (Lipinski definition) is 6. The van der Waals surface area contributed by atoms with Crippen molar-refractivity contribution in [2.24, 2.45) is 5.73 Å². The second-order valence-corrected chi connectivity index (χ2v) is 5.43. The van der Waals surface area contributed by atoms with Crippen LogP contribution in [-0.4, -0.2) is 24.2 Å². The number of para-hydroxylation sites is 1. The zero-order chi connectivity index (χ0) is 17.8. The van der Waals surface area contributed by atoms with E-state index < -0.39 is 0 Å². The lowest BCUT2D eigenvalue weighted by Crippen LogP contribution is -2.02. The first-order chi connectivity index (χ1) is 12.2. The second kappa shape index (κ2) is 7.19. The van der Waals surface area contributed by atoms with Crippen molar-refractivity contribution in [3.8, 4) is 34.1 Å². The molecule has 3 rings (SSSR count). The minimum atomic E-state index is 0.360. The summed E-state index contributed by atoms with van der Waals surface area (Å²) in [6, 6.07) is 15.0. The van der Waals surface area contributed by atoms with Crippen molar-refractivity contribution in [2.45, 2.75) is 6.54 Å². The molecule has 0 amide bonds. The zero-order valence-corrected chi connectivity index (χ0v) is 14.2. The van der Waals surface area contributed by atoms with E-state index in [1.54, 1.807) is 20.3 Å². The van der Waals surface area contributed by atoms with E-state index in [1.807, 2.05) is 42.5 Å². The molecule has 0 atom stereocenters. The summed E-state index contributed by atoms with van der Waals surface area (Å²) >= 11 is 0. The summed E-state index contributed by atoms with van der Waals surface area (Å²) in [5.74, 6) is 2.37. The molecule has 0 aliphatic carbocycles. The summed E-state index contributed by atoms with van der Waals surface area (Å²) in [4.78, 5) is 9.02. The molecule has 3 aromatic rings. The van der Waals surface area contributed by atoms with E-state index >= 15 is 0 Å². The van der Waals surface area contributed by atoms with Gasteiger partial charge in [-0.15, -0.1) is 0 Å². The lowest BCUT2D eigenvalue weighted by atomic mass is 10.1. The van der Waals surface area contributed by atoms with Crippen LogP contribution >= 0.6 is 0 Å². The van der Waals surface area contributed by atoms with Crippen molar-refractivity contribution in [2.75, 3.05) is 20.0 Å². The third kappa shape index (κ3) is 3.39. The number of nitrogen functional groups attached to an aromatic ring is 1. The Bertz CT molecular complexity index is 896. The highest BCUT2D eigenvalue weighted by Crippen LogP contribution is 2.31. The number of methoxy groups -OCH3 is 2. The number of rotatable bonds is 5. The summed E-state index contributed by atoms with van der Waals surface area (Å²) in [7, 11) is 3.24. The average Bonchev–Trinajstić information content (AvgIpc) is 2.66. The fourth-order valence-corrected chi connectivity index (χ4v) is 2.67. The molecule has 0 bridgehead atoms. The molecule has 2 aromatic carbocycles. The quantitative estimate of drug-likeness (QED) is 0.744. The predicted molar refractivity (Wildman–Crippen MR) is 98.3 cm³/mol. The minimum absolute atomic E-state index is 0.360. The molecule has 0 spiro atoms. The Kier molecular flexibility index (Phi) is 4.81. The fourth-order valence-electron chi connectivity index (χ4n) is 2.67. The van der Waals surface area contributed by atoms with Crippen LogP contribution < -0.4 is 20.9 Å². The predicted octanol–water partition coefficient (Wildman–Crippen LogP) is 2.87. The highest BCUT2D eigenvalue weighted by atomic mass is 16.5. The largest absolute Gasteiger partial charge is 0.496 e. The minimum Gasteiger partial charge on any atom is -0.496 e. The molecule has 0 saturated carbocycles. The van der Waals surface area contributed by atoms with Crippen molar-refractivity contribution in [1.29, 1.82) is 0 Å². The first kappa shape index (κ1) is 16.7. The molecule has 0 radical (unpaired) electrons. The lowest BCUT2D eigenvalue weighted by molar-refractivity contribution is 0.410. The highest BCUT2D eigenvalue weighted by Gasteiger charge is 2.12. The number of ether oxygens (including phenoxy) is 2. The topological polar surface area (TPSA) is 96.3 Å². The zero-order valence-electron chi connectivity index (χ0n) is 14.2. The molecule has 0 aliphatic rings. The highest BCUT2D eigenvalue weighted by molar-refractivity contribution is 5.72. The van der Waals surface area contributed by atoms with Gasteiger partial charge < -0.3 is 20.9 Å². The van der Waals surface area contributed by atoms with Crippen LogP contribution in [0.1, 0.15) is 5.56 Å². The van der Waals surface area contributed by atoms with E-state index in [4.69, 9.17) is 20.9 Å². The van der Waals surface area contributed by atoms with Gasteiger partial charge in [-0.2, -0.15) is 0 Å². The van der Waals surface area contributed by atoms with E-state index in [0.717, 1.165) is 28.2 Å². The van der Waals surface area contributed by atoms with E-state index in [0.29, 0.717) is 23.9 Å². The Labute approximate surface area is 146 Å². The van der Waals surface area contributed by atoms with Crippen LogP contribution in [0.25, 0.3) is 22.6 Å². The number of nitrogens with zero attached hydrogens (tertiary/aromatic N) is 2. The molecule has 6 heteroatoms. The lowest BCUT2D eigenvalue weighted by Gasteiger charge is -2.11. The second-order valence-electron chi connectivity index (χ2n) is 5.43. The molecule has 1 heterocycles. The van der Waals surface area contributed by atoms with E-state index in [-0.39, 0.29) is 0 Å². The maximum Gasteiger partial charge on any atom is 0.162 e. The molecule has 0 unspecified atom stereocenters. The van der Waals surface area contributed by atoms with E-state index in [1.165, 1.54) is 0 Å². The van der Waals surface area contributed by atoms with Crippen molar-refractivity contribution in [1.82, 2.24) is 9.97 Å². The van der Waals surface area contributed by atoms with Crippen molar-refractivity contribution in [3.63, 3.8) is 0 Å². The molecule has 0 aliphatic heterocycles. The number of anilines is 1. The van der Waals surface area contributed by atoms with Crippen LogP contribution in [0.4, 0.5) is 5.82 Å². The molecule has 1 aromatic heterocycles. The number of benzene rings is 2. The summed E-state index contributed by atoms with van der Waals surface area (Å²) < 4.78 is 10.7. The van der Waals surface area contributed by atoms with Gasteiger partial charge in [0.1, 0.15) is 17.3 Å². The third-order valence-electron chi connectivity index (χ3n) is 3.89. The molecular weight excluding hydrogens is 316 g/mol. The van der Waals surface area contributed by atoms with Crippen LogP contribution in [0.2, 0.25) is 0 Å². The van der Waals surface area contributed by atoms with E-state index in [9.17, 15) is 0 Å². The van der Waals surface area contributed by atoms with Gasteiger partial charge in [0.05, 0.1) is 19.9 Å². The van der Waals surface area contributed by atoms with Gasteiger partial charge in [-0.25, -0.2) is 9.97 Å². The number of aromatic nitrogens is 2. The number of nitrogens with two attached hydrogens (primary N) is 2. The Hall–Kier alpha value is -3.12. The molecule has 6 nitrogen and oxygen atoms in total. The van der Waals surface area contributed by atoms with Crippen LogP contribution in [0.15, 0.2) is 48.5 Å². The normalized spacial score (nSPS) is 10.5. The van der Waals surface area contributed by atoms with Crippen LogP contribution in [-0.2, 0) is 6.54 Å². The van der Waals surface area contributed by atoms with Crippen LogP contribution in [0, 0.1) is 0 Å². The summed E-state index contributed by atoms with van der Waals surface area (Å²) in [6.07, 6.45) is 0. The SMILES string of the molecule is COc1ccc(-c2nc(N)cc(-c3ccccc3OC)n2)cc1CN. The van der Waals surface area contributed by atoms with E-state index in [2.05, 4.69) is 9.97 Å². The first-order valence-corrected chi connectivity index (χ1v) is 7.81. The molecular formula is C19H20N4O2. The van der Waals surface area contributed by atoms with Gasteiger partial charge in [-0.1, -0.05) is 12.1 Å². The van der Waals surface area contributed by atoms with Crippen molar-refractivity contribution in [3.05, 3.63) is 54.1 Å². The number of hydrogen-bond donors (Lipinski definition) is 2. The Morgan fingerprint density at radius 3 is 2.40 bits per heavy atom. The molecule has 25 heavy (non-hydrogen) atoms. The van der Waals surface area contributed by atoms with Crippen molar-refractivity contribution < 1.29 is 9.47 Å². The van der Waals surface area contributed by atoms with Crippen molar-refractivity contribution >= 4 is 5.82 Å². The maximum absolute atomic E-state index is 6.01. The van der Waals surface area contributed by atoms with Crippen LogP contribution in [0.3, 0.4) is 0 Å².